The molecule has 0 spiro atoms. The molecule has 1 aliphatic heterocycles. The highest BCUT2D eigenvalue weighted by Crippen LogP contribution is 2.32. The van der Waals surface area contributed by atoms with Gasteiger partial charge in [-0.15, -0.1) is 0 Å². The molecule has 1 atom stereocenters. The maximum atomic E-state index is 13.0. The van der Waals surface area contributed by atoms with Crippen molar-refractivity contribution in [2.75, 3.05) is 16.3 Å². The number of hydrogen-bond acceptors (Lipinski definition) is 5. The third kappa shape index (κ3) is 2.44. The Kier molecular flexibility index (Phi) is 3.51. The molecule has 1 saturated heterocycles. The van der Waals surface area contributed by atoms with E-state index in [0.717, 1.165) is 10.8 Å². The van der Waals surface area contributed by atoms with E-state index in [0.29, 0.717) is 17.2 Å². The molecule has 4 rings (SSSR count). The van der Waals surface area contributed by atoms with Crippen LogP contribution in [0.3, 0.4) is 0 Å². The minimum absolute atomic E-state index is 0.255. The van der Waals surface area contributed by atoms with E-state index < -0.39 is 6.04 Å². The molecule has 3 heterocycles. The summed E-state index contributed by atoms with van der Waals surface area (Å²) in [6.45, 7) is 2.03. The van der Waals surface area contributed by atoms with E-state index >= 15 is 0 Å². The number of fused-ring (bicyclic) bond motifs is 1. The Morgan fingerprint density at radius 2 is 1.92 bits per heavy atom. The Balaban J connectivity index is 1.80. The van der Waals surface area contributed by atoms with E-state index in [9.17, 15) is 10.1 Å². The van der Waals surface area contributed by atoms with Crippen molar-refractivity contribution in [2.45, 2.75) is 13.0 Å². The van der Waals surface area contributed by atoms with Crippen molar-refractivity contribution in [1.82, 2.24) is 15.0 Å². The van der Waals surface area contributed by atoms with Crippen LogP contribution in [0, 0.1) is 18.3 Å². The number of anilines is 2. The minimum atomic E-state index is -0.610. The topological polar surface area (TPSA) is 86.0 Å². The lowest BCUT2D eigenvalue weighted by Crippen LogP contribution is -2.34. The second-order valence-corrected chi connectivity index (χ2v) is 5.78. The van der Waals surface area contributed by atoms with Gasteiger partial charge in [0.25, 0.3) is 0 Å². The van der Waals surface area contributed by atoms with Gasteiger partial charge in [-0.25, -0.2) is 14.8 Å². The van der Waals surface area contributed by atoms with Gasteiger partial charge in [0, 0.05) is 17.0 Å². The molecule has 7 nitrogen and oxygen atoms in total. The van der Waals surface area contributed by atoms with E-state index in [-0.39, 0.29) is 12.6 Å². The first kappa shape index (κ1) is 15.0. The van der Waals surface area contributed by atoms with Gasteiger partial charge in [-0.05, 0) is 6.92 Å². The third-order valence-electron chi connectivity index (χ3n) is 4.24. The monoisotopic (exact) mass is 330 g/mol. The van der Waals surface area contributed by atoms with E-state index in [1.807, 2.05) is 24.3 Å². The molecule has 0 bridgehead atoms. The number of aryl methyl sites for hydroxylation is 1. The molecule has 122 valence electrons. The average Bonchev–Trinajstić information content (AvgIpc) is 2.98. The van der Waals surface area contributed by atoms with Crippen molar-refractivity contribution in [3.05, 3.63) is 54.9 Å². The van der Waals surface area contributed by atoms with E-state index in [4.69, 9.17) is 0 Å². The summed E-state index contributed by atoms with van der Waals surface area (Å²) in [5, 5.41) is 11.4. The third-order valence-corrected chi connectivity index (χ3v) is 4.24. The summed E-state index contributed by atoms with van der Waals surface area (Å²) in [6, 6.07) is 8.99. The summed E-state index contributed by atoms with van der Waals surface area (Å²) in [6.07, 6.45) is 6.56. The molecule has 3 aromatic rings. The Morgan fingerprint density at radius 1 is 1.16 bits per heavy atom. The van der Waals surface area contributed by atoms with Crippen LogP contribution in [0.15, 0.2) is 49.1 Å². The largest absolute Gasteiger partial charge is 0.330 e. The number of carbonyl (C=O) groups is 1. The molecule has 1 aliphatic rings. The highest BCUT2D eigenvalue weighted by atomic mass is 16.2. The van der Waals surface area contributed by atoms with Crippen LogP contribution in [0.4, 0.5) is 16.2 Å². The SMILES string of the molecule is Cc1ncc(N2C[C@@H](C#N)N(c3cncc4ccccc34)C2=O)cn1. The van der Waals surface area contributed by atoms with Gasteiger partial charge in [-0.3, -0.25) is 14.8 Å². The Hall–Kier alpha value is -3.53. The number of aromatic nitrogens is 3. The van der Waals surface area contributed by atoms with Crippen molar-refractivity contribution in [3.63, 3.8) is 0 Å². The quantitative estimate of drug-likeness (QED) is 0.721. The predicted octanol–water partition coefficient (Wildman–Crippen LogP) is 2.67. The van der Waals surface area contributed by atoms with Crippen molar-refractivity contribution in [1.29, 1.82) is 5.26 Å². The zero-order valence-electron chi connectivity index (χ0n) is 13.5. The van der Waals surface area contributed by atoms with Crippen LogP contribution in [0.5, 0.6) is 0 Å². The molecule has 2 aromatic heterocycles. The first-order chi connectivity index (χ1) is 12.2. The lowest BCUT2D eigenvalue weighted by atomic mass is 10.1. The number of carbonyl (C=O) groups excluding carboxylic acids is 1. The van der Waals surface area contributed by atoms with Crippen LogP contribution in [0.25, 0.3) is 10.8 Å². The second kappa shape index (κ2) is 5.83. The van der Waals surface area contributed by atoms with E-state index in [1.54, 1.807) is 31.7 Å². The summed E-state index contributed by atoms with van der Waals surface area (Å²) in [4.78, 5) is 28.5. The molecule has 1 aromatic carbocycles. The lowest BCUT2D eigenvalue weighted by molar-refractivity contribution is 0.255. The fraction of sp³-hybridized carbons (Fsp3) is 0.167. The molecule has 0 saturated carbocycles. The van der Waals surface area contributed by atoms with Crippen molar-refractivity contribution < 1.29 is 4.79 Å². The number of pyridine rings is 1. The maximum absolute atomic E-state index is 13.0. The summed E-state index contributed by atoms with van der Waals surface area (Å²) < 4.78 is 0. The normalized spacial score (nSPS) is 17.1. The van der Waals surface area contributed by atoms with Gasteiger partial charge in [0.1, 0.15) is 11.9 Å². The fourth-order valence-corrected chi connectivity index (χ4v) is 3.00. The first-order valence-corrected chi connectivity index (χ1v) is 7.81. The van der Waals surface area contributed by atoms with Gasteiger partial charge in [0.2, 0.25) is 0 Å². The lowest BCUT2D eigenvalue weighted by Gasteiger charge is -2.20. The Labute approximate surface area is 144 Å². The van der Waals surface area contributed by atoms with Gasteiger partial charge < -0.3 is 0 Å². The van der Waals surface area contributed by atoms with Crippen molar-refractivity contribution in [2.24, 2.45) is 0 Å². The standard InChI is InChI=1S/C18H14N6O/c1-12-21-8-15(9-22-12)23-11-14(6-19)24(18(23)25)17-10-20-7-13-4-2-3-5-16(13)17/h2-5,7-10,14H,11H2,1H3/t14-/m1/s1. The van der Waals surface area contributed by atoms with Gasteiger partial charge in [-0.2, -0.15) is 5.26 Å². The zero-order valence-corrected chi connectivity index (χ0v) is 13.5. The van der Waals surface area contributed by atoms with Crippen molar-refractivity contribution in [3.8, 4) is 6.07 Å². The van der Waals surface area contributed by atoms with Crippen LogP contribution in [-0.4, -0.2) is 33.6 Å². The molecule has 0 N–H and O–H groups in total. The minimum Gasteiger partial charge on any atom is -0.288 e. The summed E-state index contributed by atoms with van der Waals surface area (Å²) in [7, 11) is 0. The van der Waals surface area contributed by atoms with Crippen LogP contribution >= 0.6 is 0 Å². The Bertz CT molecular complexity index is 989. The number of rotatable bonds is 2. The number of nitriles is 1. The van der Waals surface area contributed by atoms with Gasteiger partial charge in [-0.1, -0.05) is 24.3 Å². The number of benzene rings is 1. The smallest absolute Gasteiger partial charge is 0.288 e. The molecule has 0 aliphatic carbocycles. The highest BCUT2D eigenvalue weighted by molar-refractivity contribution is 6.11. The van der Waals surface area contributed by atoms with Crippen molar-refractivity contribution >= 4 is 28.2 Å². The van der Waals surface area contributed by atoms with Crippen LogP contribution in [-0.2, 0) is 0 Å². The maximum Gasteiger partial charge on any atom is 0.330 e. The summed E-state index contributed by atoms with van der Waals surface area (Å²) in [5.74, 6) is 0.627. The Morgan fingerprint density at radius 3 is 2.68 bits per heavy atom. The molecule has 25 heavy (non-hydrogen) atoms. The molecule has 0 radical (unpaired) electrons. The summed E-state index contributed by atoms with van der Waals surface area (Å²) >= 11 is 0. The van der Waals surface area contributed by atoms with E-state index in [1.165, 1.54) is 9.80 Å². The highest BCUT2D eigenvalue weighted by Gasteiger charge is 2.40. The van der Waals surface area contributed by atoms with Gasteiger partial charge in [0.15, 0.2) is 0 Å². The van der Waals surface area contributed by atoms with Crippen LogP contribution in [0.1, 0.15) is 5.82 Å². The molecule has 1 fully saturated rings. The molecule has 0 unspecified atom stereocenters. The van der Waals surface area contributed by atoms with Crippen LogP contribution < -0.4 is 9.80 Å². The summed E-state index contributed by atoms with van der Waals surface area (Å²) in [5.41, 5.74) is 1.21. The van der Waals surface area contributed by atoms with E-state index in [2.05, 4.69) is 21.0 Å². The van der Waals surface area contributed by atoms with Crippen LogP contribution in [0.2, 0.25) is 0 Å². The number of urea groups is 1. The number of amides is 2. The molecular formula is C18H14N6O. The molecular weight excluding hydrogens is 316 g/mol. The second-order valence-electron chi connectivity index (χ2n) is 5.78. The fourth-order valence-electron chi connectivity index (χ4n) is 3.00. The zero-order chi connectivity index (χ0) is 17.4. The molecule has 7 heteroatoms. The molecule has 2 amide bonds. The predicted molar refractivity (Wildman–Crippen MR) is 93.1 cm³/mol. The van der Waals surface area contributed by atoms with Gasteiger partial charge in [0.05, 0.1) is 42.6 Å². The first-order valence-electron chi connectivity index (χ1n) is 7.81. The average molecular weight is 330 g/mol. The number of nitrogens with zero attached hydrogens (tertiary/aromatic N) is 6. The number of hydrogen-bond donors (Lipinski definition) is 0. The van der Waals surface area contributed by atoms with Gasteiger partial charge >= 0.3 is 6.03 Å².